The van der Waals surface area contributed by atoms with E-state index in [0.29, 0.717) is 17.8 Å². The molecule has 0 saturated heterocycles. The van der Waals surface area contributed by atoms with Crippen molar-refractivity contribution in [1.82, 2.24) is 19.7 Å². The summed E-state index contributed by atoms with van der Waals surface area (Å²) in [5.41, 5.74) is 1.64. The lowest BCUT2D eigenvalue weighted by Gasteiger charge is -2.10. The van der Waals surface area contributed by atoms with Gasteiger partial charge in [-0.15, -0.1) is 0 Å². The molecule has 24 heavy (non-hydrogen) atoms. The Hall–Kier alpha value is -3.06. The van der Waals surface area contributed by atoms with Crippen LogP contribution in [0.4, 0.5) is 0 Å². The van der Waals surface area contributed by atoms with Gasteiger partial charge in [0.15, 0.2) is 11.6 Å². The van der Waals surface area contributed by atoms with Crippen LogP contribution in [-0.4, -0.2) is 35.9 Å². The maximum atomic E-state index is 11.1. The lowest BCUT2D eigenvalue weighted by atomic mass is 10.1. The number of hydrogen-bond donors (Lipinski definition) is 2. The van der Waals surface area contributed by atoms with Crippen LogP contribution in [0.3, 0.4) is 0 Å². The van der Waals surface area contributed by atoms with Gasteiger partial charge in [-0.3, -0.25) is 9.78 Å². The van der Waals surface area contributed by atoms with Gasteiger partial charge in [-0.2, -0.15) is 5.10 Å². The van der Waals surface area contributed by atoms with Crippen molar-refractivity contribution < 1.29 is 15.0 Å². The molecule has 3 rings (SSSR count). The highest BCUT2D eigenvalue weighted by atomic mass is 16.4. The van der Waals surface area contributed by atoms with E-state index in [9.17, 15) is 9.90 Å². The first-order valence-electron chi connectivity index (χ1n) is 7.42. The molecule has 1 aromatic carbocycles. The number of nitrogens with zero attached hydrogens (tertiary/aromatic N) is 4. The van der Waals surface area contributed by atoms with E-state index in [0.717, 1.165) is 5.56 Å². The van der Waals surface area contributed by atoms with E-state index in [4.69, 9.17) is 5.11 Å². The summed E-state index contributed by atoms with van der Waals surface area (Å²) in [7, 11) is 0. The topological polar surface area (TPSA) is 101 Å². The Morgan fingerprint density at radius 3 is 2.50 bits per heavy atom. The number of benzene rings is 1. The number of aliphatic hydroxyl groups is 1. The third-order valence-corrected chi connectivity index (χ3v) is 3.49. The van der Waals surface area contributed by atoms with Gasteiger partial charge in [-0.05, 0) is 17.7 Å². The summed E-state index contributed by atoms with van der Waals surface area (Å²) >= 11 is 0. The number of rotatable bonds is 6. The van der Waals surface area contributed by atoms with Crippen LogP contribution in [0.5, 0.6) is 0 Å². The molecule has 0 bridgehead atoms. The van der Waals surface area contributed by atoms with Crippen molar-refractivity contribution in [3.05, 3.63) is 66.2 Å². The summed E-state index contributed by atoms with van der Waals surface area (Å²) in [5, 5.41) is 23.8. The Bertz CT molecular complexity index is 818. The van der Waals surface area contributed by atoms with Crippen LogP contribution >= 0.6 is 0 Å². The molecule has 1 atom stereocenters. The summed E-state index contributed by atoms with van der Waals surface area (Å²) in [6.07, 6.45) is 2.59. The molecular weight excluding hydrogens is 308 g/mol. The Kier molecular flexibility index (Phi) is 4.62. The summed E-state index contributed by atoms with van der Waals surface area (Å²) in [5.74, 6) is -0.455. The third kappa shape index (κ3) is 3.64. The van der Waals surface area contributed by atoms with E-state index < -0.39 is 12.1 Å². The van der Waals surface area contributed by atoms with Gasteiger partial charge in [0.1, 0.15) is 12.6 Å². The minimum absolute atomic E-state index is 0.230. The molecule has 0 fully saturated rings. The molecule has 3 aromatic rings. The zero-order valence-electron chi connectivity index (χ0n) is 12.8. The molecule has 0 aliphatic carbocycles. The van der Waals surface area contributed by atoms with Crippen LogP contribution in [0.1, 0.15) is 17.5 Å². The van der Waals surface area contributed by atoms with Crippen molar-refractivity contribution >= 4 is 5.97 Å². The third-order valence-electron chi connectivity index (χ3n) is 3.49. The molecule has 7 heteroatoms. The van der Waals surface area contributed by atoms with Crippen molar-refractivity contribution in [2.45, 2.75) is 19.1 Å². The van der Waals surface area contributed by atoms with Gasteiger partial charge >= 0.3 is 5.97 Å². The lowest BCUT2D eigenvalue weighted by Crippen LogP contribution is -2.17. The van der Waals surface area contributed by atoms with Crippen LogP contribution < -0.4 is 0 Å². The van der Waals surface area contributed by atoms with E-state index in [1.54, 1.807) is 24.5 Å². The standard InChI is InChI=1S/C17H16N4O3/c22-14(10-12-4-2-1-3-5-12)17-19-16(13-6-8-18-9-7-13)20-21(17)11-15(23)24/h1-9,14,22H,10-11H2,(H,23,24)/t14-/m0/s1. The van der Waals surface area contributed by atoms with Crippen molar-refractivity contribution in [3.63, 3.8) is 0 Å². The number of carbonyl (C=O) groups is 1. The highest BCUT2D eigenvalue weighted by Gasteiger charge is 2.20. The number of aromatic nitrogens is 4. The highest BCUT2D eigenvalue weighted by molar-refractivity contribution is 5.66. The molecular formula is C17H16N4O3. The molecule has 0 unspecified atom stereocenters. The van der Waals surface area contributed by atoms with Crippen LogP contribution in [0, 0.1) is 0 Å². The van der Waals surface area contributed by atoms with Crippen molar-refractivity contribution in [1.29, 1.82) is 0 Å². The lowest BCUT2D eigenvalue weighted by molar-refractivity contribution is -0.138. The Morgan fingerprint density at radius 1 is 1.12 bits per heavy atom. The second-order valence-electron chi connectivity index (χ2n) is 5.29. The van der Waals surface area contributed by atoms with Crippen LogP contribution in [-0.2, 0) is 17.8 Å². The SMILES string of the molecule is O=C(O)Cn1nc(-c2ccncc2)nc1[C@@H](O)Cc1ccccc1. The maximum absolute atomic E-state index is 11.1. The van der Waals surface area contributed by atoms with Crippen molar-refractivity contribution in [2.75, 3.05) is 0 Å². The van der Waals surface area contributed by atoms with E-state index in [-0.39, 0.29) is 12.4 Å². The zero-order valence-corrected chi connectivity index (χ0v) is 12.8. The van der Waals surface area contributed by atoms with Gasteiger partial charge in [0.2, 0.25) is 0 Å². The van der Waals surface area contributed by atoms with E-state index in [2.05, 4.69) is 15.1 Å². The van der Waals surface area contributed by atoms with Crippen molar-refractivity contribution in [3.8, 4) is 11.4 Å². The largest absolute Gasteiger partial charge is 0.480 e. The Labute approximate surface area is 138 Å². The normalized spacial score (nSPS) is 12.0. The number of aliphatic hydroxyl groups excluding tert-OH is 1. The summed E-state index contributed by atoms with van der Waals surface area (Å²) < 4.78 is 1.23. The minimum atomic E-state index is -1.05. The predicted octanol–water partition coefficient (Wildman–Crippen LogP) is 1.70. The first-order chi connectivity index (χ1) is 11.6. The van der Waals surface area contributed by atoms with Gasteiger partial charge in [-0.25, -0.2) is 9.67 Å². The van der Waals surface area contributed by atoms with Crippen LogP contribution in [0.15, 0.2) is 54.9 Å². The first-order valence-corrected chi connectivity index (χ1v) is 7.42. The number of carboxylic acid groups (broad SMARTS) is 1. The quantitative estimate of drug-likeness (QED) is 0.715. The number of aliphatic carboxylic acids is 1. The highest BCUT2D eigenvalue weighted by Crippen LogP contribution is 2.21. The van der Waals surface area contributed by atoms with E-state index >= 15 is 0 Å². The molecule has 2 N–H and O–H groups in total. The molecule has 0 saturated carbocycles. The van der Waals surface area contributed by atoms with Crippen LogP contribution in [0.2, 0.25) is 0 Å². The summed E-state index contributed by atoms with van der Waals surface area (Å²) in [6, 6.07) is 12.9. The molecule has 0 radical (unpaired) electrons. The molecule has 0 aliphatic rings. The molecule has 2 heterocycles. The average Bonchev–Trinajstić information content (AvgIpc) is 3.00. The zero-order chi connectivity index (χ0) is 16.9. The smallest absolute Gasteiger partial charge is 0.325 e. The molecule has 122 valence electrons. The van der Waals surface area contributed by atoms with Gasteiger partial charge in [0, 0.05) is 24.4 Å². The monoisotopic (exact) mass is 324 g/mol. The second kappa shape index (κ2) is 7.01. The Balaban J connectivity index is 1.92. The van der Waals surface area contributed by atoms with Gasteiger partial charge in [-0.1, -0.05) is 30.3 Å². The summed E-state index contributed by atoms with van der Waals surface area (Å²) in [6.45, 7) is -0.362. The second-order valence-corrected chi connectivity index (χ2v) is 5.29. The van der Waals surface area contributed by atoms with Crippen LogP contribution in [0.25, 0.3) is 11.4 Å². The fraction of sp³-hybridized carbons (Fsp3) is 0.176. The average molecular weight is 324 g/mol. The number of carboxylic acids is 1. The fourth-order valence-corrected chi connectivity index (χ4v) is 2.40. The first kappa shape index (κ1) is 15.8. The summed E-state index contributed by atoms with van der Waals surface area (Å²) in [4.78, 5) is 19.3. The molecule has 7 nitrogen and oxygen atoms in total. The van der Waals surface area contributed by atoms with Gasteiger partial charge in [0.25, 0.3) is 0 Å². The van der Waals surface area contributed by atoms with Gasteiger partial charge in [0.05, 0.1) is 0 Å². The van der Waals surface area contributed by atoms with Gasteiger partial charge < -0.3 is 10.2 Å². The Morgan fingerprint density at radius 2 is 1.83 bits per heavy atom. The van der Waals surface area contributed by atoms with E-state index in [1.807, 2.05) is 30.3 Å². The number of hydrogen-bond acceptors (Lipinski definition) is 5. The maximum Gasteiger partial charge on any atom is 0.325 e. The molecule has 0 spiro atoms. The van der Waals surface area contributed by atoms with Crippen molar-refractivity contribution in [2.24, 2.45) is 0 Å². The number of pyridine rings is 1. The molecule has 2 aromatic heterocycles. The van der Waals surface area contributed by atoms with E-state index in [1.165, 1.54) is 4.68 Å². The minimum Gasteiger partial charge on any atom is -0.480 e. The predicted molar refractivity (Wildman–Crippen MR) is 86.0 cm³/mol. The molecule has 0 amide bonds. The molecule has 0 aliphatic heterocycles. The fourth-order valence-electron chi connectivity index (χ4n) is 2.40.